The quantitative estimate of drug-likeness (QED) is 0.192. The second-order valence-electron chi connectivity index (χ2n) is 7.04. The van der Waals surface area contributed by atoms with Crippen LogP contribution in [0.3, 0.4) is 0 Å². The van der Waals surface area contributed by atoms with Crippen LogP contribution in [0.15, 0.2) is 37.6 Å². The van der Waals surface area contributed by atoms with Crippen LogP contribution < -0.4 is 0 Å². The van der Waals surface area contributed by atoms with Crippen LogP contribution in [0.1, 0.15) is 53.9 Å². The number of carbonyl (C=O) groups excluding carboxylic acids is 3. The molecule has 0 bridgehead atoms. The molecule has 0 aromatic carbocycles. The monoisotopic (exact) mass is 366 g/mol. The molecular formula is C20H30O6. The predicted octanol–water partition coefficient (Wildman–Crippen LogP) is 3.87. The highest BCUT2D eigenvalue weighted by molar-refractivity contribution is 5.88. The minimum absolute atomic E-state index is 0.0534. The van der Waals surface area contributed by atoms with Gasteiger partial charge in [-0.3, -0.25) is 4.79 Å². The van der Waals surface area contributed by atoms with E-state index in [9.17, 15) is 14.4 Å². The molecule has 26 heavy (non-hydrogen) atoms. The highest BCUT2D eigenvalue weighted by Crippen LogP contribution is 2.30. The van der Waals surface area contributed by atoms with Gasteiger partial charge >= 0.3 is 17.9 Å². The first kappa shape index (κ1) is 23.6. The lowest BCUT2D eigenvalue weighted by Crippen LogP contribution is -2.53. The van der Waals surface area contributed by atoms with Gasteiger partial charge in [0.1, 0.15) is 0 Å². The fraction of sp³-hybridized carbons (Fsp3) is 0.550. The van der Waals surface area contributed by atoms with Crippen molar-refractivity contribution in [2.24, 2.45) is 5.41 Å². The molecule has 0 aliphatic rings. The molecule has 0 saturated carbocycles. The topological polar surface area (TPSA) is 78.9 Å². The van der Waals surface area contributed by atoms with Crippen LogP contribution in [-0.2, 0) is 28.6 Å². The van der Waals surface area contributed by atoms with Gasteiger partial charge in [0.25, 0.3) is 5.60 Å². The van der Waals surface area contributed by atoms with E-state index >= 15 is 0 Å². The lowest BCUT2D eigenvalue weighted by molar-refractivity contribution is -0.190. The summed E-state index contributed by atoms with van der Waals surface area (Å²) in [5.74, 6) is -2.31. The fourth-order valence-electron chi connectivity index (χ4n) is 2.40. The van der Waals surface area contributed by atoms with Crippen molar-refractivity contribution in [3.8, 4) is 0 Å². The number of rotatable bonds is 10. The van der Waals surface area contributed by atoms with Crippen LogP contribution in [-0.4, -0.2) is 29.6 Å². The average Bonchev–Trinajstić information content (AvgIpc) is 2.50. The molecular weight excluding hydrogens is 336 g/mol. The van der Waals surface area contributed by atoms with Crippen LogP contribution in [0.4, 0.5) is 0 Å². The molecule has 0 aliphatic heterocycles. The minimum Gasteiger partial charge on any atom is -0.454 e. The van der Waals surface area contributed by atoms with E-state index in [-0.39, 0.29) is 11.8 Å². The van der Waals surface area contributed by atoms with Gasteiger partial charge < -0.3 is 14.2 Å². The van der Waals surface area contributed by atoms with E-state index in [1.807, 2.05) is 0 Å². The summed E-state index contributed by atoms with van der Waals surface area (Å²) in [4.78, 5) is 36.1. The number of allylic oxidation sites excluding steroid dienone is 1. The van der Waals surface area contributed by atoms with E-state index in [0.717, 1.165) is 25.7 Å². The third-order valence-electron chi connectivity index (χ3n) is 3.56. The van der Waals surface area contributed by atoms with Gasteiger partial charge in [-0.05, 0) is 37.7 Å². The van der Waals surface area contributed by atoms with E-state index in [0.29, 0.717) is 6.42 Å². The lowest BCUT2D eigenvalue weighted by atomic mass is 9.86. The highest BCUT2D eigenvalue weighted by Gasteiger charge is 2.50. The SMILES string of the molecule is C=COC(=O)C(C=C)(OC(C)=O)C(CCCC(C)(C)C)OC(=O)/C=C/C. The van der Waals surface area contributed by atoms with Crippen molar-refractivity contribution in [1.82, 2.24) is 0 Å². The van der Waals surface area contributed by atoms with E-state index in [2.05, 4.69) is 33.9 Å². The van der Waals surface area contributed by atoms with Gasteiger partial charge in [-0.2, -0.15) is 0 Å². The Morgan fingerprint density at radius 3 is 2.19 bits per heavy atom. The molecule has 6 heteroatoms. The first-order valence-corrected chi connectivity index (χ1v) is 8.51. The molecule has 0 amide bonds. The van der Waals surface area contributed by atoms with Crippen molar-refractivity contribution in [1.29, 1.82) is 0 Å². The molecule has 0 saturated heterocycles. The van der Waals surface area contributed by atoms with Crippen molar-refractivity contribution < 1.29 is 28.6 Å². The molecule has 0 aromatic heterocycles. The zero-order valence-corrected chi connectivity index (χ0v) is 16.4. The molecule has 2 unspecified atom stereocenters. The van der Waals surface area contributed by atoms with E-state index in [1.54, 1.807) is 6.92 Å². The zero-order chi connectivity index (χ0) is 20.4. The van der Waals surface area contributed by atoms with Gasteiger partial charge in [-0.1, -0.05) is 40.0 Å². The normalized spacial score (nSPS) is 14.8. The molecule has 2 atom stereocenters. The summed E-state index contributed by atoms with van der Waals surface area (Å²) in [6, 6.07) is 0. The molecule has 0 radical (unpaired) electrons. The number of hydrogen-bond acceptors (Lipinski definition) is 6. The first-order valence-electron chi connectivity index (χ1n) is 8.51. The van der Waals surface area contributed by atoms with E-state index < -0.39 is 29.6 Å². The van der Waals surface area contributed by atoms with Crippen molar-refractivity contribution in [3.05, 3.63) is 37.6 Å². The van der Waals surface area contributed by atoms with E-state index in [1.165, 1.54) is 12.2 Å². The highest BCUT2D eigenvalue weighted by atomic mass is 16.6. The number of ether oxygens (including phenoxy) is 3. The predicted molar refractivity (Wildman–Crippen MR) is 99.0 cm³/mol. The van der Waals surface area contributed by atoms with Gasteiger partial charge in [-0.15, -0.1) is 0 Å². The van der Waals surface area contributed by atoms with Crippen LogP contribution >= 0.6 is 0 Å². The van der Waals surface area contributed by atoms with Crippen LogP contribution in [0, 0.1) is 5.41 Å². The minimum atomic E-state index is -1.95. The lowest BCUT2D eigenvalue weighted by Gasteiger charge is -2.34. The fourth-order valence-corrected chi connectivity index (χ4v) is 2.40. The molecule has 0 rings (SSSR count). The number of esters is 3. The molecule has 146 valence electrons. The second-order valence-corrected chi connectivity index (χ2v) is 7.04. The molecule has 6 nitrogen and oxygen atoms in total. The van der Waals surface area contributed by atoms with E-state index in [4.69, 9.17) is 14.2 Å². The van der Waals surface area contributed by atoms with Crippen molar-refractivity contribution in [2.45, 2.75) is 65.6 Å². The van der Waals surface area contributed by atoms with Gasteiger partial charge in [0.15, 0.2) is 6.10 Å². The molecule has 0 aromatic rings. The van der Waals surface area contributed by atoms with Crippen LogP contribution in [0.2, 0.25) is 0 Å². The Labute approximate surface area is 155 Å². The maximum atomic E-state index is 12.5. The zero-order valence-electron chi connectivity index (χ0n) is 16.4. The van der Waals surface area contributed by atoms with Gasteiger partial charge in [-0.25, -0.2) is 9.59 Å². The summed E-state index contributed by atoms with van der Waals surface area (Å²) in [5.41, 5.74) is -1.90. The summed E-state index contributed by atoms with van der Waals surface area (Å²) in [6.45, 7) is 16.0. The van der Waals surface area contributed by atoms with Gasteiger partial charge in [0.2, 0.25) is 0 Å². The summed E-state index contributed by atoms with van der Waals surface area (Å²) in [7, 11) is 0. The third-order valence-corrected chi connectivity index (χ3v) is 3.56. The van der Waals surface area contributed by atoms with Gasteiger partial charge in [0.05, 0.1) is 6.26 Å². The van der Waals surface area contributed by atoms with Crippen molar-refractivity contribution in [2.75, 3.05) is 0 Å². The molecule has 0 fully saturated rings. The second kappa shape index (κ2) is 10.6. The summed E-state index contributed by atoms with van der Waals surface area (Å²) in [5, 5.41) is 0. The van der Waals surface area contributed by atoms with Crippen molar-refractivity contribution >= 4 is 17.9 Å². The smallest absolute Gasteiger partial charge is 0.363 e. The van der Waals surface area contributed by atoms with Crippen LogP contribution in [0.5, 0.6) is 0 Å². The largest absolute Gasteiger partial charge is 0.454 e. The summed E-state index contributed by atoms with van der Waals surface area (Å²) < 4.78 is 15.5. The molecule has 0 N–H and O–H groups in total. The average molecular weight is 366 g/mol. The Balaban J connectivity index is 5.82. The number of hydrogen-bond donors (Lipinski definition) is 0. The first-order chi connectivity index (χ1) is 12.0. The van der Waals surface area contributed by atoms with Crippen LogP contribution in [0.25, 0.3) is 0 Å². The number of carbonyl (C=O) groups is 3. The molecule has 0 aliphatic carbocycles. The maximum absolute atomic E-state index is 12.5. The summed E-state index contributed by atoms with van der Waals surface area (Å²) in [6.07, 6.45) is 5.43. The Morgan fingerprint density at radius 1 is 1.15 bits per heavy atom. The van der Waals surface area contributed by atoms with Gasteiger partial charge in [0, 0.05) is 13.0 Å². The summed E-state index contributed by atoms with van der Waals surface area (Å²) >= 11 is 0. The molecule has 0 heterocycles. The maximum Gasteiger partial charge on any atom is 0.363 e. The Bertz CT molecular complexity index is 555. The van der Waals surface area contributed by atoms with Crippen molar-refractivity contribution in [3.63, 3.8) is 0 Å². The standard InChI is InChI=1S/C20H30O6/c1-8-12-17(22)25-16(13-11-14-19(5,6)7)20(9-2,26-15(4)21)18(23)24-10-3/h8-10,12,16H,2-3,11,13-14H2,1,4-7H3/b12-8+. The third kappa shape index (κ3) is 7.68. The Kier molecular flexibility index (Phi) is 9.62. The Hall–Kier alpha value is -2.37. The Morgan fingerprint density at radius 2 is 1.77 bits per heavy atom. The molecule has 0 spiro atoms.